The summed E-state index contributed by atoms with van der Waals surface area (Å²) in [5.41, 5.74) is 0.974. The Labute approximate surface area is 90.0 Å². The lowest BCUT2D eigenvalue weighted by molar-refractivity contribution is 0.282. The smallest absolute Gasteiger partial charge is 0.225 e. The Balaban J connectivity index is 2.15. The molecule has 1 aromatic heterocycles. The fourth-order valence-electron chi connectivity index (χ4n) is 1.83. The van der Waals surface area contributed by atoms with Crippen molar-refractivity contribution in [3.05, 3.63) is 18.0 Å². The van der Waals surface area contributed by atoms with E-state index in [1.54, 1.807) is 6.20 Å². The van der Waals surface area contributed by atoms with Crippen molar-refractivity contribution in [3.63, 3.8) is 0 Å². The number of aryl methyl sites for hydroxylation is 1. The molecule has 1 N–H and O–H groups in total. The van der Waals surface area contributed by atoms with Crippen LogP contribution in [0.3, 0.4) is 0 Å². The van der Waals surface area contributed by atoms with E-state index < -0.39 is 0 Å². The number of aliphatic hydroxyl groups excluding tert-OH is 1. The molecule has 0 radical (unpaired) electrons. The summed E-state index contributed by atoms with van der Waals surface area (Å²) in [6, 6.07) is 2.42. The third-order valence-corrected chi connectivity index (χ3v) is 2.90. The number of aliphatic hydroxyl groups is 1. The molecule has 1 aliphatic rings. The van der Waals surface area contributed by atoms with Crippen molar-refractivity contribution in [2.75, 3.05) is 18.1 Å². The van der Waals surface area contributed by atoms with Gasteiger partial charge >= 0.3 is 0 Å². The van der Waals surface area contributed by atoms with Crippen molar-refractivity contribution in [3.8, 4) is 0 Å². The average Bonchev–Trinajstić information content (AvgIpc) is 2.14. The lowest BCUT2D eigenvalue weighted by Crippen LogP contribution is -2.43. The van der Waals surface area contributed by atoms with Crippen LogP contribution < -0.4 is 4.90 Å². The molecule has 1 aliphatic carbocycles. The van der Waals surface area contributed by atoms with E-state index >= 15 is 0 Å². The van der Waals surface area contributed by atoms with Crippen molar-refractivity contribution in [1.82, 2.24) is 9.97 Å². The molecule has 0 saturated heterocycles. The maximum Gasteiger partial charge on any atom is 0.225 e. The first-order valence-electron chi connectivity index (χ1n) is 5.48. The van der Waals surface area contributed by atoms with Gasteiger partial charge in [-0.05, 0) is 32.3 Å². The summed E-state index contributed by atoms with van der Waals surface area (Å²) in [6.45, 7) is 2.75. The third kappa shape index (κ3) is 2.26. The summed E-state index contributed by atoms with van der Waals surface area (Å²) in [5.74, 6) is 0.758. The summed E-state index contributed by atoms with van der Waals surface area (Å²) < 4.78 is 0. The van der Waals surface area contributed by atoms with E-state index in [9.17, 15) is 0 Å². The first kappa shape index (κ1) is 10.4. The molecule has 1 fully saturated rings. The van der Waals surface area contributed by atoms with Crippen LogP contribution in [0, 0.1) is 6.92 Å². The van der Waals surface area contributed by atoms with Gasteiger partial charge in [0.1, 0.15) is 0 Å². The standard InChI is InChI=1S/C11H17N3O/c1-9-5-6-12-11(13-9)14(7-8-15)10-3-2-4-10/h5-6,10,15H,2-4,7-8H2,1H3. The number of rotatable bonds is 4. The molecule has 0 unspecified atom stereocenters. The van der Waals surface area contributed by atoms with Gasteiger partial charge in [-0.25, -0.2) is 9.97 Å². The predicted molar refractivity (Wildman–Crippen MR) is 58.8 cm³/mol. The van der Waals surface area contributed by atoms with Crippen LogP contribution in [0.15, 0.2) is 12.3 Å². The zero-order valence-electron chi connectivity index (χ0n) is 9.06. The van der Waals surface area contributed by atoms with Gasteiger partial charge in [0.25, 0.3) is 0 Å². The summed E-state index contributed by atoms with van der Waals surface area (Å²) >= 11 is 0. The van der Waals surface area contributed by atoms with Gasteiger partial charge in [0.05, 0.1) is 6.61 Å². The van der Waals surface area contributed by atoms with Crippen molar-refractivity contribution in [2.24, 2.45) is 0 Å². The van der Waals surface area contributed by atoms with Gasteiger partial charge in [-0.3, -0.25) is 0 Å². The second-order valence-electron chi connectivity index (χ2n) is 4.00. The fourth-order valence-corrected chi connectivity index (χ4v) is 1.83. The zero-order chi connectivity index (χ0) is 10.7. The highest BCUT2D eigenvalue weighted by Crippen LogP contribution is 2.27. The summed E-state index contributed by atoms with van der Waals surface area (Å²) in [5, 5.41) is 9.04. The molecule has 4 nitrogen and oxygen atoms in total. The molecule has 15 heavy (non-hydrogen) atoms. The lowest BCUT2D eigenvalue weighted by Gasteiger charge is -2.37. The molecule has 1 saturated carbocycles. The predicted octanol–water partition coefficient (Wildman–Crippen LogP) is 1.14. The maximum atomic E-state index is 9.04. The van der Waals surface area contributed by atoms with Gasteiger partial charge in [0.15, 0.2) is 0 Å². The second kappa shape index (κ2) is 4.57. The average molecular weight is 207 g/mol. The molecule has 0 bridgehead atoms. The minimum absolute atomic E-state index is 0.161. The SMILES string of the molecule is Cc1ccnc(N(CCO)C2CCC2)n1. The summed E-state index contributed by atoms with van der Waals surface area (Å²) in [4.78, 5) is 10.8. The van der Waals surface area contributed by atoms with Crippen LogP contribution in [0.1, 0.15) is 25.0 Å². The first-order valence-corrected chi connectivity index (χ1v) is 5.48. The van der Waals surface area contributed by atoms with Gasteiger partial charge in [-0.2, -0.15) is 0 Å². The minimum Gasteiger partial charge on any atom is -0.395 e. The summed E-state index contributed by atoms with van der Waals surface area (Å²) in [6.07, 6.45) is 5.44. The van der Waals surface area contributed by atoms with E-state index in [2.05, 4.69) is 14.9 Å². The monoisotopic (exact) mass is 207 g/mol. The Kier molecular flexibility index (Phi) is 3.16. The quantitative estimate of drug-likeness (QED) is 0.804. The lowest BCUT2D eigenvalue weighted by atomic mass is 9.92. The van der Waals surface area contributed by atoms with Crippen molar-refractivity contribution < 1.29 is 5.11 Å². The normalized spacial score (nSPS) is 16.1. The first-order chi connectivity index (χ1) is 7.31. The van der Waals surface area contributed by atoms with E-state index in [4.69, 9.17) is 5.11 Å². The Bertz CT molecular complexity index is 325. The third-order valence-electron chi connectivity index (χ3n) is 2.90. The van der Waals surface area contributed by atoms with Crippen molar-refractivity contribution in [1.29, 1.82) is 0 Å². The molecule has 0 aromatic carbocycles. The molecule has 2 rings (SSSR count). The van der Waals surface area contributed by atoms with E-state index in [-0.39, 0.29) is 6.61 Å². The highest BCUT2D eigenvalue weighted by atomic mass is 16.3. The topological polar surface area (TPSA) is 49.2 Å². The van der Waals surface area contributed by atoms with Crippen LogP contribution in [0.2, 0.25) is 0 Å². The highest BCUT2D eigenvalue weighted by molar-refractivity contribution is 5.32. The van der Waals surface area contributed by atoms with E-state index in [1.165, 1.54) is 19.3 Å². The highest BCUT2D eigenvalue weighted by Gasteiger charge is 2.26. The van der Waals surface area contributed by atoms with Crippen molar-refractivity contribution >= 4 is 5.95 Å². The minimum atomic E-state index is 0.161. The van der Waals surface area contributed by atoms with Gasteiger partial charge < -0.3 is 10.0 Å². The molecule has 4 heteroatoms. The molecule has 0 amide bonds. The van der Waals surface area contributed by atoms with Crippen LogP contribution >= 0.6 is 0 Å². The largest absolute Gasteiger partial charge is 0.395 e. The van der Waals surface area contributed by atoms with Gasteiger partial charge in [-0.1, -0.05) is 0 Å². The Hall–Kier alpha value is -1.16. The van der Waals surface area contributed by atoms with E-state index in [0.29, 0.717) is 12.6 Å². The fraction of sp³-hybridized carbons (Fsp3) is 0.636. The molecular weight excluding hydrogens is 190 g/mol. The van der Waals surface area contributed by atoms with Crippen LogP contribution in [-0.2, 0) is 0 Å². The molecule has 0 aliphatic heterocycles. The molecular formula is C11H17N3O. The van der Waals surface area contributed by atoms with Crippen LogP contribution in [0.4, 0.5) is 5.95 Å². The number of anilines is 1. The number of hydrogen-bond donors (Lipinski definition) is 1. The molecule has 1 heterocycles. The number of nitrogens with zero attached hydrogens (tertiary/aromatic N) is 3. The maximum absolute atomic E-state index is 9.04. The van der Waals surface area contributed by atoms with Gasteiger partial charge in [0, 0.05) is 24.5 Å². The number of aromatic nitrogens is 2. The molecule has 82 valence electrons. The van der Waals surface area contributed by atoms with Gasteiger partial charge in [-0.15, -0.1) is 0 Å². The molecule has 0 spiro atoms. The Morgan fingerprint density at radius 3 is 2.87 bits per heavy atom. The van der Waals surface area contributed by atoms with E-state index in [0.717, 1.165) is 11.6 Å². The van der Waals surface area contributed by atoms with Crippen LogP contribution in [0.5, 0.6) is 0 Å². The van der Waals surface area contributed by atoms with Crippen molar-refractivity contribution in [2.45, 2.75) is 32.2 Å². The number of hydrogen-bond acceptors (Lipinski definition) is 4. The van der Waals surface area contributed by atoms with Crippen LogP contribution in [0.25, 0.3) is 0 Å². The summed E-state index contributed by atoms with van der Waals surface area (Å²) in [7, 11) is 0. The van der Waals surface area contributed by atoms with Gasteiger partial charge in [0.2, 0.25) is 5.95 Å². The van der Waals surface area contributed by atoms with E-state index in [1.807, 2.05) is 13.0 Å². The van der Waals surface area contributed by atoms with Crippen LogP contribution in [-0.4, -0.2) is 34.3 Å². The Morgan fingerprint density at radius 2 is 2.33 bits per heavy atom. The zero-order valence-corrected chi connectivity index (χ0v) is 9.06. The second-order valence-corrected chi connectivity index (χ2v) is 4.00. The molecule has 1 aromatic rings. The molecule has 0 atom stereocenters. The Morgan fingerprint density at radius 1 is 1.53 bits per heavy atom.